The fourth-order valence-electron chi connectivity index (χ4n) is 4.33. The van der Waals surface area contributed by atoms with Gasteiger partial charge in [-0.3, -0.25) is 9.98 Å². The summed E-state index contributed by atoms with van der Waals surface area (Å²) >= 11 is -0.556. The van der Waals surface area contributed by atoms with E-state index in [1.807, 2.05) is 36.4 Å². The number of aliphatic imine (C=N–C) groups is 2. The molecule has 1 aliphatic carbocycles. The van der Waals surface area contributed by atoms with Crippen molar-refractivity contribution in [1.29, 1.82) is 0 Å². The molecule has 4 nitrogen and oxygen atoms in total. The van der Waals surface area contributed by atoms with E-state index in [9.17, 15) is 10.2 Å². The number of hydrogen-bond donors (Lipinski definition) is 2. The first-order valence-electron chi connectivity index (χ1n) is 12.1. The van der Waals surface area contributed by atoms with E-state index in [1.165, 1.54) is 0 Å². The Labute approximate surface area is 227 Å². The molecule has 1 saturated carbocycles. The van der Waals surface area contributed by atoms with Crippen molar-refractivity contribution in [2.75, 3.05) is 0 Å². The molecule has 0 aromatic heterocycles. The van der Waals surface area contributed by atoms with E-state index in [1.54, 1.807) is 12.4 Å². The van der Waals surface area contributed by atoms with E-state index in [2.05, 4.69) is 41.5 Å². The molecule has 190 valence electrons. The van der Waals surface area contributed by atoms with E-state index in [0.29, 0.717) is 11.5 Å². The van der Waals surface area contributed by atoms with E-state index in [0.717, 1.165) is 47.9 Å². The van der Waals surface area contributed by atoms with E-state index < -0.39 is 17.0 Å². The van der Waals surface area contributed by atoms with Gasteiger partial charge in [-0.25, -0.2) is 0 Å². The molecule has 0 aliphatic heterocycles. The average Bonchev–Trinajstić information content (AvgIpc) is 2.77. The zero-order valence-electron chi connectivity index (χ0n) is 21.6. The van der Waals surface area contributed by atoms with Crippen molar-refractivity contribution in [3.05, 3.63) is 58.7 Å². The third kappa shape index (κ3) is 8.63. The van der Waals surface area contributed by atoms with Crippen LogP contribution in [0.2, 0.25) is 0 Å². The first kappa shape index (κ1) is 29.9. The normalized spacial score (nSPS) is 19.0. The summed E-state index contributed by atoms with van der Waals surface area (Å²) in [6.45, 7) is 12.6. The molecule has 1 aliphatic rings. The quantitative estimate of drug-likeness (QED) is 0.299. The predicted octanol–water partition coefficient (Wildman–Crippen LogP) is 7.92. The monoisotopic (exact) mass is 552 g/mol. The topological polar surface area (TPSA) is 65.2 Å². The molecule has 0 radical (unpaired) electrons. The number of halogens is 2. The van der Waals surface area contributed by atoms with Gasteiger partial charge in [-0.1, -0.05) is 78.6 Å². The molecule has 0 spiro atoms. The van der Waals surface area contributed by atoms with Crippen molar-refractivity contribution < 1.29 is 27.2 Å². The van der Waals surface area contributed by atoms with Crippen LogP contribution in [0.4, 0.5) is 0 Å². The van der Waals surface area contributed by atoms with Crippen molar-refractivity contribution in [2.24, 2.45) is 9.98 Å². The minimum absolute atomic E-state index is 0.0747. The maximum absolute atomic E-state index is 10.7. The Morgan fingerprint density at radius 2 is 1.09 bits per heavy atom. The van der Waals surface area contributed by atoms with Gasteiger partial charge >= 0.3 is 35.6 Å². The predicted molar refractivity (Wildman–Crippen MR) is 147 cm³/mol. The molecule has 0 saturated heterocycles. The molecule has 3 rings (SSSR count). The molecule has 7 heteroatoms. The summed E-state index contributed by atoms with van der Waals surface area (Å²) in [6.07, 6.45) is 7.83. The molecule has 0 bridgehead atoms. The number of rotatable bonds is 4. The van der Waals surface area contributed by atoms with Gasteiger partial charge in [0.25, 0.3) is 0 Å². The summed E-state index contributed by atoms with van der Waals surface area (Å²) in [7, 11) is 9.78. The second-order valence-electron chi connectivity index (χ2n) is 11.0. The van der Waals surface area contributed by atoms with Crippen LogP contribution in [-0.2, 0) is 27.9 Å². The summed E-state index contributed by atoms with van der Waals surface area (Å²) in [4.78, 5) is 9.70. The molecule has 0 unspecified atom stereocenters. The van der Waals surface area contributed by atoms with Crippen molar-refractivity contribution >= 4 is 31.0 Å². The molecule has 2 atom stereocenters. The second-order valence-corrected chi connectivity index (χ2v) is 13.6. The van der Waals surface area contributed by atoms with Gasteiger partial charge in [0.05, 0.1) is 12.1 Å². The Bertz CT molecular complexity index is 945. The van der Waals surface area contributed by atoms with E-state index >= 15 is 0 Å². The van der Waals surface area contributed by atoms with Crippen LogP contribution in [0.25, 0.3) is 0 Å². The number of phenols is 2. The maximum atomic E-state index is 10.7. The molecule has 2 N–H and O–H groups in total. The molecule has 2 aromatic carbocycles. The Hall–Kier alpha value is -1.33. The second kappa shape index (κ2) is 13.3. The number of hydrogen-bond acceptors (Lipinski definition) is 4. The van der Waals surface area contributed by atoms with E-state index in [4.69, 9.17) is 28.6 Å². The van der Waals surface area contributed by atoms with Crippen LogP contribution in [-0.4, -0.2) is 34.7 Å². The van der Waals surface area contributed by atoms with Gasteiger partial charge in [0.15, 0.2) is 0 Å². The summed E-state index contributed by atoms with van der Waals surface area (Å²) in [5.74, 6) is 0.618. The Morgan fingerprint density at radius 3 is 1.40 bits per heavy atom. The van der Waals surface area contributed by atoms with Crippen molar-refractivity contribution in [1.82, 2.24) is 0 Å². The third-order valence-electron chi connectivity index (χ3n) is 6.25. The van der Waals surface area contributed by atoms with Crippen LogP contribution < -0.4 is 0 Å². The molecule has 1 fully saturated rings. The Balaban J connectivity index is 0.00000137. The molecular weight excluding hydrogens is 515 g/mol. The zero-order valence-corrected chi connectivity index (χ0v) is 24.7. The fraction of sp³-hybridized carbons (Fsp3) is 0.500. The Morgan fingerprint density at radius 1 is 0.743 bits per heavy atom. The van der Waals surface area contributed by atoms with Crippen LogP contribution in [0, 0.1) is 0 Å². The summed E-state index contributed by atoms with van der Waals surface area (Å²) in [5, 5.41) is 21.5. The van der Waals surface area contributed by atoms with Gasteiger partial charge in [0.2, 0.25) is 0 Å². The SMILES string of the molecule is CC(C)(C)c1cccc(C=N[C@@H]2CCCC[C@H]2N=Cc2cccc(C(C)(C)C)c2O)c1O.[Cl][Ti][Cl]. The van der Waals surface area contributed by atoms with Gasteiger partial charge in [0, 0.05) is 23.6 Å². The Kier molecular flexibility index (Phi) is 11.3. The first-order valence-corrected chi connectivity index (χ1v) is 16.4. The van der Waals surface area contributed by atoms with Gasteiger partial charge in [-0.15, -0.1) is 0 Å². The molecule has 0 heterocycles. The number of nitrogens with zero attached hydrogens (tertiary/aromatic N) is 2. The van der Waals surface area contributed by atoms with Crippen LogP contribution in [0.15, 0.2) is 46.4 Å². The summed E-state index contributed by atoms with van der Waals surface area (Å²) in [5.41, 5.74) is 3.09. The van der Waals surface area contributed by atoms with Crippen molar-refractivity contribution in [3.8, 4) is 11.5 Å². The molecule has 2 aromatic rings. The number of aromatic hydroxyl groups is 2. The standard InChI is InChI=1S/C28H38N2O2.2ClH.Ti/c1-27(2,3)21-13-9-11-19(25(21)31)17-29-23-15-7-8-16-24(23)30-18-20-12-10-14-22(26(20)32)28(4,5)6;;;/h9-14,17-18,23-24,31-32H,7-8,15-16H2,1-6H3;2*1H;/q;;;+2/p-2/t23-,24-;;;/m1.../s1. The minimum atomic E-state index is -0.556. The molecular formula is C28H38Cl2N2O2Ti. The third-order valence-corrected chi connectivity index (χ3v) is 6.25. The van der Waals surface area contributed by atoms with Gasteiger partial charge in [0.1, 0.15) is 11.5 Å². The fourth-order valence-corrected chi connectivity index (χ4v) is 4.33. The summed E-state index contributed by atoms with van der Waals surface area (Å²) in [6, 6.07) is 11.9. The van der Waals surface area contributed by atoms with Crippen molar-refractivity contribution in [3.63, 3.8) is 0 Å². The van der Waals surface area contributed by atoms with Gasteiger partial charge < -0.3 is 10.2 Å². The van der Waals surface area contributed by atoms with Gasteiger partial charge in [-0.05, 0) is 46.9 Å². The van der Waals surface area contributed by atoms with Crippen molar-refractivity contribution in [2.45, 2.75) is 90.1 Å². The van der Waals surface area contributed by atoms with Crippen LogP contribution in [0.5, 0.6) is 11.5 Å². The van der Waals surface area contributed by atoms with E-state index in [-0.39, 0.29) is 22.9 Å². The summed E-state index contributed by atoms with van der Waals surface area (Å²) < 4.78 is 0. The average molecular weight is 553 g/mol. The number of phenolic OH excluding ortho intramolecular Hbond substituents is 2. The van der Waals surface area contributed by atoms with Crippen LogP contribution in [0.1, 0.15) is 89.5 Å². The number of benzene rings is 2. The van der Waals surface area contributed by atoms with Crippen LogP contribution >= 0.6 is 18.6 Å². The van der Waals surface area contributed by atoms with Crippen LogP contribution in [0.3, 0.4) is 0 Å². The first-order chi connectivity index (χ1) is 16.4. The number of para-hydroxylation sites is 2. The zero-order chi connectivity index (χ0) is 26.2. The van der Waals surface area contributed by atoms with Gasteiger partial charge in [-0.2, -0.15) is 0 Å². The molecule has 35 heavy (non-hydrogen) atoms. The molecule has 0 amide bonds.